The van der Waals surface area contributed by atoms with E-state index in [-0.39, 0.29) is 18.9 Å². The van der Waals surface area contributed by atoms with Gasteiger partial charge in [-0.25, -0.2) is 4.79 Å². The second-order valence-corrected chi connectivity index (χ2v) is 5.02. The van der Waals surface area contributed by atoms with Crippen LogP contribution in [0.25, 0.3) is 0 Å². The third-order valence-electron chi connectivity index (χ3n) is 2.78. The first-order valence-corrected chi connectivity index (χ1v) is 6.81. The van der Waals surface area contributed by atoms with Gasteiger partial charge < -0.3 is 26.2 Å². The molecular formula is C13H23N3O6. The molecule has 0 aliphatic carbocycles. The summed E-state index contributed by atoms with van der Waals surface area (Å²) in [6.45, 7) is 3.79. The molecule has 126 valence electrons. The number of carbonyl (C=O) groups excluding carboxylic acids is 3. The van der Waals surface area contributed by atoms with Gasteiger partial charge in [-0.1, -0.05) is 6.92 Å². The molecule has 22 heavy (non-hydrogen) atoms. The molecule has 0 fully saturated rings. The molecule has 2 amide bonds. The molecule has 0 bridgehead atoms. The fraction of sp³-hybridized carbons (Fsp3) is 0.692. The van der Waals surface area contributed by atoms with Crippen molar-refractivity contribution in [3.8, 4) is 0 Å². The minimum absolute atomic E-state index is 0.0643. The Morgan fingerprint density at radius 1 is 1.14 bits per heavy atom. The summed E-state index contributed by atoms with van der Waals surface area (Å²) in [7, 11) is 0. The number of Topliss-reactive ketones (excluding diaryl/α,β-unsaturated/α-hetero) is 1. The summed E-state index contributed by atoms with van der Waals surface area (Å²) in [6, 6.07) is -1.46. The number of carboxylic acids is 1. The highest BCUT2D eigenvalue weighted by Gasteiger charge is 2.22. The molecule has 0 unspecified atom stereocenters. The van der Waals surface area contributed by atoms with Gasteiger partial charge in [-0.3, -0.25) is 14.4 Å². The lowest BCUT2D eigenvalue weighted by atomic mass is 10.00. The number of hydrogen-bond acceptors (Lipinski definition) is 6. The van der Waals surface area contributed by atoms with Crippen molar-refractivity contribution in [2.45, 2.75) is 39.3 Å². The van der Waals surface area contributed by atoms with Crippen molar-refractivity contribution in [2.75, 3.05) is 13.3 Å². The van der Waals surface area contributed by atoms with Crippen LogP contribution in [0.2, 0.25) is 0 Å². The molecule has 9 nitrogen and oxygen atoms in total. The maximum Gasteiger partial charge on any atom is 0.329 e. The van der Waals surface area contributed by atoms with Crippen molar-refractivity contribution in [3.63, 3.8) is 0 Å². The van der Waals surface area contributed by atoms with Gasteiger partial charge in [-0.2, -0.15) is 0 Å². The van der Waals surface area contributed by atoms with Gasteiger partial charge in [-0.05, 0) is 13.8 Å². The predicted molar refractivity (Wildman–Crippen MR) is 76.6 cm³/mol. The molecule has 0 spiro atoms. The maximum absolute atomic E-state index is 11.9. The van der Waals surface area contributed by atoms with Crippen LogP contribution in [0.5, 0.6) is 0 Å². The van der Waals surface area contributed by atoms with Crippen LogP contribution in [-0.4, -0.2) is 54.1 Å². The SMILES string of the molecule is C[C@H](N)C(=O)N[C@H](C)C(=O)C[C@@H](C)C(=O)NCOCC(=O)O. The molecule has 0 heterocycles. The first-order chi connectivity index (χ1) is 10.1. The van der Waals surface area contributed by atoms with E-state index in [1.54, 1.807) is 6.92 Å². The molecule has 5 N–H and O–H groups in total. The standard InChI is InChI=1S/C13H23N3O6/c1-7(12(20)15-6-22-5-11(18)19)4-10(17)9(3)16-13(21)8(2)14/h7-9H,4-6,14H2,1-3H3,(H,15,20)(H,16,21)(H,18,19)/t7-,8+,9-/m1/s1. The monoisotopic (exact) mass is 317 g/mol. The second kappa shape index (κ2) is 9.85. The van der Waals surface area contributed by atoms with E-state index in [9.17, 15) is 19.2 Å². The normalized spacial score (nSPS) is 14.5. The lowest BCUT2D eigenvalue weighted by molar-refractivity contribution is -0.143. The van der Waals surface area contributed by atoms with Crippen molar-refractivity contribution >= 4 is 23.6 Å². The van der Waals surface area contributed by atoms with Crippen LogP contribution < -0.4 is 16.4 Å². The van der Waals surface area contributed by atoms with E-state index in [1.807, 2.05) is 0 Å². The first-order valence-electron chi connectivity index (χ1n) is 6.81. The van der Waals surface area contributed by atoms with Crippen molar-refractivity contribution in [3.05, 3.63) is 0 Å². The number of amides is 2. The molecule has 0 saturated heterocycles. The molecule has 9 heteroatoms. The molecule has 3 atom stereocenters. The van der Waals surface area contributed by atoms with Gasteiger partial charge in [0.1, 0.15) is 13.3 Å². The van der Waals surface area contributed by atoms with Crippen LogP contribution >= 0.6 is 0 Å². The van der Waals surface area contributed by atoms with Gasteiger partial charge in [0.25, 0.3) is 0 Å². The average Bonchev–Trinajstić information content (AvgIpc) is 2.42. The van der Waals surface area contributed by atoms with Crippen LogP contribution in [-0.2, 0) is 23.9 Å². The molecule has 0 saturated carbocycles. The third kappa shape index (κ3) is 8.32. The van der Waals surface area contributed by atoms with Gasteiger partial charge >= 0.3 is 5.97 Å². The van der Waals surface area contributed by atoms with Gasteiger partial charge in [0.2, 0.25) is 11.8 Å². The zero-order valence-corrected chi connectivity index (χ0v) is 12.9. The van der Waals surface area contributed by atoms with Crippen molar-refractivity contribution in [2.24, 2.45) is 11.7 Å². The highest BCUT2D eigenvalue weighted by Crippen LogP contribution is 2.05. The highest BCUT2D eigenvalue weighted by molar-refractivity contribution is 5.92. The Labute approximate surface area is 128 Å². The number of ketones is 1. The quantitative estimate of drug-likeness (QED) is 0.286. The summed E-state index contributed by atoms with van der Waals surface area (Å²) < 4.78 is 4.66. The number of nitrogens with two attached hydrogens (primary N) is 1. The number of carboxylic acid groups (broad SMARTS) is 1. The number of ether oxygens (including phenoxy) is 1. The van der Waals surface area contributed by atoms with Gasteiger partial charge in [-0.15, -0.1) is 0 Å². The van der Waals surface area contributed by atoms with Crippen molar-refractivity contribution in [1.29, 1.82) is 0 Å². The van der Waals surface area contributed by atoms with Crippen LogP contribution in [0.4, 0.5) is 0 Å². The predicted octanol–water partition coefficient (Wildman–Crippen LogP) is -1.39. The van der Waals surface area contributed by atoms with Crippen molar-refractivity contribution in [1.82, 2.24) is 10.6 Å². The van der Waals surface area contributed by atoms with Gasteiger partial charge in [0, 0.05) is 12.3 Å². The number of carbonyl (C=O) groups is 4. The molecule has 0 rings (SSSR count). The number of hydrogen-bond donors (Lipinski definition) is 4. The number of rotatable bonds is 10. The summed E-state index contributed by atoms with van der Waals surface area (Å²) in [5, 5.41) is 13.2. The van der Waals surface area contributed by atoms with Crippen LogP contribution in [0.3, 0.4) is 0 Å². The Bertz CT molecular complexity index is 424. The number of aliphatic carboxylic acids is 1. The van der Waals surface area contributed by atoms with E-state index in [0.717, 1.165) is 0 Å². The van der Waals surface area contributed by atoms with E-state index in [0.29, 0.717) is 0 Å². The lowest BCUT2D eigenvalue weighted by Crippen LogP contribution is -2.46. The Kier molecular flexibility index (Phi) is 8.95. The fourth-order valence-electron chi connectivity index (χ4n) is 1.43. The molecule has 0 aromatic carbocycles. The fourth-order valence-corrected chi connectivity index (χ4v) is 1.43. The largest absolute Gasteiger partial charge is 0.480 e. The van der Waals surface area contributed by atoms with Crippen LogP contribution in [0.1, 0.15) is 27.2 Å². The highest BCUT2D eigenvalue weighted by atomic mass is 16.5. The van der Waals surface area contributed by atoms with E-state index in [1.165, 1.54) is 13.8 Å². The van der Waals surface area contributed by atoms with E-state index in [4.69, 9.17) is 10.8 Å². The van der Waals surface area contributed by atoms with E-state index >= 15 is 0 Å². The third-order valence-corrected chi connectivity index (χ3v) is 2.78. The maximum atomic E-state index is 11.9. The molecule has 0 aliphatic rings. The summed E-state index contributed by atoms with van der Waals surface area (Å²) in [5.41, 5.74) is 5.38. The topological polar surface area (TPSA) is 148 Å². The van der Waals surface area contributed by atoms with Gasteiger partial charge in [0.05, 0.1) is 12.1 Å². The molecule has 0 aromatic heterocycles. The van der Waals surface area contributed by atoms with E-state index < -0.39 is 42.4 Å². The Morgan fingerprint density at radius 3 is 2.23 bits per heavy atom. The second-order valence-electron chi connectivity index (χ2n) is 5.02. The van der Waals surface area contributed by atoms with E-state index in [2.05, 4.69) is 15.4 Å². The minimum Gasteiger partial charge on any atom is -0.480 e. The summed E-state index contributed by atoms with van der Waals surface area (Å²) in [4.78, 5) is 45.2. The van der Waals surface area contributed by atoms with Crippen LogP contribution in [0.15, 0.2) is 0 Å². The smallest absolute Gasteiger partial charge is 0.329 e. The lowest BCUT2D eigenvalue weighted by Gasteiger charge is -2.17. The number of nitrogens with one attached hydrogen (secondary N) is 2. The zero-order valence-electron chi connectivity index (χ0n) is 12.9. The zero-order chi connectivity index (χ0) is 17.3. The molecule has 0 aromatic rings. The Balaban J connectivity index is 4.14. The first kappa shape index (κ1) is 20.0. The van der Waals surface area contributed by atoms with Crippen molar-refractivity contribution < 1.29 is 29.0 Å². The molecule has 0 radical (unpaired) electrons. The minimum atomic E-state index is -1.14. The average molecular weight is 317 g/mol. The molecular weight excluding hydrogens is 294 g/mol. The molecule has 0 aliphatic heterocycles. The van der Waals surface area contributed by atoms with Crippen LogP contribution in [0, 0.1) is 5.92 Å². The summed E-state index contributed by atoms with van der Waals surface area (Å²) in [5.74, 6) is -2.96. The Morgan fingerprint density at radius 2 is 1.73 bits per heavy atom. The Hall–Kier alpha value is -2.00. The summed E-state index contributed by atoms with van der Waals surface area (Å²) >= 11 is 0. The van der Waals surface area contributed by atoms with Gasteiger partial charge in [0.15, 0.2) is 5.78 Å². The summed E-state index contributed by atoms with van der Waals surface area (Å²) in [6.07, 6.45) is -0.0643.